The lowest BCUT2D eigenvalue weighted by Crippen LogP contribution is -2.56. The van der Waals surface area contributed by atoms with E-state index in [4.69, 9.17) is 0 Å². The van der Waals surface area contributed by atoms with Crippen LogP contribution < -0.4 is 14.5 Å². The summed E-state index contributed by atoms with van der Waals surface area (Å²) in [5.74, 6) is -2.10. The van der Waals surface area contributed by atoms with Crippen LogP contribution in [0.25, 0.3) is 17.1 Å². The van der Waals surface area contributed by atoms with E-state index in [0.29, 0.717) is 22.6 Å². The molecule has 3 aliphatic rings. The zero-order valence-corrected chi connectivity index (χ0v) is 19.9. The lowest BCUT2D eigenvalue weighted by atomic mass is 9.93. The molecule has 2 saturated heterocycles. The second-order valence-electron chi connectivity index (χ2n) is 9.64. The Morgan fingerprint density at radius 1 is 0.941 bits per heavy atom. The molecule has 0 radical (unpaired) electrons. The van der Waals surface area contributed by atoms with Crippen molar-refractivity contribution in [2.24, 2.45) is 5.41 Å². The zero-order valence-electron chi connectivity index (χ0n) is 19.0. The second-order valence-corrected chi connectivity index (χ2v) is 10.3. The Morgan fingerprint density at radius 3 is 2.44 bits per heavy atom. The maximum atomic E-state index is 13.3. The topological polar surface area (TPSA) is 62.1 Å². The summed E-state index contributed by atoms with van der Waals surface area (Å²) in [5.41, 5.74) is 4.99. The van der Waals surface area contributed by atoms with Crippen LogP contribution in [0.1, 0.15) is 25.7 Å². The molecule has 1 saturated carbocycles. The third-order valence-corrected chi connectivity index (χ3v) is 7.66. The number of aromatic nitrogens is 4. The van der Waals surface area contributed by atoms with Crippen LogP contribution >= 0.6 is 11.9 Å². The Bertz CT molecular complexity index is 1190. The molecule has 1 spiro atoms. The highest BCUT2D eigenvalue weighted by atomic mass is 32.2. The minimum Gasteiger partial charge on any atom is -0.370 e. The molecule has 1 aliphatic carbocycles. The maximum absolute atomic E-state index is 13.3. The van der Waals surface area contributed by atoms with E-state index < -0.39 is 5.92 Å². The molecule has 178 valence electrons. The minimum atomic E-state index is -2.64. The van der Waals surface area contributed by atoms with Crippen molar-refractivity contribution in [1.29, 1.82) is 0 Å². The molecule has 4 heterocycles. The van der Waals surface area contributed by atoms with Gasteiger partial charge in [0.05, 0.1) is 36.4 Å². The first-order valence-corrected chi connectivity index (χ1v) is 12.9. The summed E-state index contributed by atoms with van der Waals surface area (Å²) in [7, 11) is 0. The first-order chi connectivity index (χ1) is 16.4. The summed E-state index contributed by atoms with van der Waals surface area (Å²) in [5, 5.41) is 8.77. The molecule has 6 rings (SSSR count). The highest BCUT2D eigenvalue weighted by Gasteiger charge is 2.45. The molecule has 2 aromatic heterocycles. The number of pyridine rings is 1. The highest BCUT2D eigenvalue weighted by molar-refractivity contribution is 7.99. The van der Waals surface area contributed by atoms with E-state index in [2.05, 4.69) is 37.1 Å². The number of anilines is 3. The summed E-state index contributed by atoms with van der Waals surface area (Å²) in [6.45, 7) is 1.49. The molecule has 0 unspecified atom stereocenters. The SMILES string of the molecule is CSNc1ccc(-n2cc(-c3cccc(N4CC(F)(F)C4)n3)nn2)c(N2CCC3(CC2)CC3)c1. The molecular weight excluding hydrogens is 456 g/mol. The van der Waals surface area contributed by atoms with Crippen molar-refractivity contribution in [2.45, 2.75) is 31.6 Å². The molecule has 7 nitrogen and oxygen atoms in total. The van der Waals surface area contributed by atoms with Crippen LogP contribution in [0.4, 0.5) is 26.0 Å². The Morgan fingerprint density at radius 2 is 1.74 bits per heavy atom. The number of hydrogen-bond acceptors (Lipinski definition) is 7. The van der Waals surface area contributed by atoms with E-state index >= 15 is 0 Å². The molecular formula is C24H27F2N7S. The standard InChI is InChI=1S/C24H27F2N7S/c1-34-29-17-5-6-20(21(13-17)31-11-9-23(7-8-23)10-12-31)33-14-19(28-30-33)18-3-2-4-22(27-18)32-15-24(25,26)16-32/h2-6,13-14,29H,7-12,15-16H2,1H3. The Hall–Kier alpha value is -2.88. The Balaban J connectivity index is 1.29. The van der Waals surface area contributed by atoms with Gasteiger partial charge < -0.3 is 14.5 Å². The van der Waals surface area contributed by atoms with Gasteiger partial charge in [-0.1, -0.05) is 23.2 Å². The molecule has 0 atom stereocenters. The molecule has 1 N–H and O–H groups in total. The van der Waals surface area contributed by atoms with E-state index in [1.54, 1.807) is 27.6 Å². The fraction of sp³-hybridized carbons (Fsp3) is 0.458. The monoisotopic (exact) mass is 483 g/mol. The van der Waals surface area contributed by atoms with Gasteiger partial charge in [0.15, 0.2) is 0 Å². The lowest BCUT2D eigenvalue weighted by Gasteiger charge is -2.39. The number of halogens is 2. The summed E-state index contributed by atoms with van der Waals surface area (Å²) in [4.78, 5) is 8.59. The van der Waals surface area contributed by atoms with Gasteiger partial charge in [0, 0.05) is 25.0 Å². The first-order valence-electron chi connectivity index (χ1n) is 11.6. The molecule has 10 heteroatoms. The van der Waals surface area contributed by atoms with Gasteiger partial charge in [-0.25, -0.2) is 18.4 Å². The molecule has 0 amide bonds. The highest BCUT2D eigenvalue weighted by Crippen LogP contribution is 2.54. The van der Waals surface area contributed by atoms with Crippen molar-refractivity contribution in [2.75, 3.05) is 47.0 Å². The van der Waals surface area contributed by atoms with Crippen LogP contribution in [-0.4, -0.2) is 58.3 Å². The van der Waals surface area contributed by atoms with Crippen molar-refractivity contribution in [3.05, 3.63) is 42.6 Å². The second kappa shape index (κ2) is 8.11. The number of alkyl halides is 2. The third-order valence-electron chi connectivity index (χ3n) is 7.22. The van der Waals surface area contributed by atoms with Crippen molar-refractivity contribution < 1.29 is 8.78 Å². The molecule has 0 bridgehead atoms. The van der Waals surface area contributed by atoms with Gasteiger partial charge in [0.1, 0.15) is 11.5 Å². The number of nitrogens with zero attached hydrogens (tertiary/aromatic N) is 6. The van der Waals surface area contributed by atoms with E-state index in [9.17, 15) is 8.78 Å². The maximum Gasteiger partial charge on any atom is 0.282 e. The molecule has 3 aromatic rings. The van der Waals surface area contributed by atoms with Gasteiger partial charge in [-0.05, 0) is 61.4 Å². The molecule has 34 heavy (non-hydrogen) atoms. The first kappa shape index (κ1) is 21.6. The third kappa shape index (κ3) is 4.08. The Kier molecular flexibility index (Phi) is 5.16. The molecule has 3 fully saturated rings. The van der Waals surface area contributed by atoms with Crippen LogP contribution in [0.5, 0.6) is 0 Å². The number of piperidine rings is 1. The van der Waals surface area contributed by atoms with E-state index in [0.717, 1.165) is 30.2 Å². The predicted octanol–water partition coefficient (Wildman–Crippen LogP) is 4.85. The van der Waals surface area contributed by atoms with Crippen LogP contribution in [0.15, 0.2) is 42.6 Å². The molecule has 1 aromatic carbocycles. The van der Waals surface area contributed by atoms with E-state index in [1.165, 1.54) is 25.7 Å². The Labute approximate surface area is 201 Å². The largest absolute Gasteiger partial charge is 0.370 e. The van der Waals surface area contributed by atoms with E-state index in [1.807, 2.05) is 30.7 Å². The summed E-state index contributed by atoms with van der Waals surface area (Å²) in [6.07, 6.45) is 9.09. The summed E-state index contributed by atoms with van der Waals surface area (Å²) < 4.78 is 31.7. The number of hydrogen-bond donors (Lipinski definition) is 1. The smallest absolute Gasteiger partial charge is 0.282 e. The number of nitrogens with one attached hydrogen (secondary N) is 1. The van der Waals surface area contributed by atoms with Crippen molar-refractivity contribution in [1.82, 2.24) is 20.0 Å². The van der Waals surface area contributed by atoms with Crippen molar-refractivity contribution in [3.63, 3.8) is 0 Å². The van der Waals surface area contributed by atoms with Crippen LogP contribution in [-0.2, 0) is 0 Å². The summed E-state index contributed by atoms with van der Waals surface area (Å²) in [6, 6.07) is 11.7. The van der Waals surface area contributed by atoms with Crippen molar-refractivity contribution in [3.8, 4) is 17.1 Å². The van der Waals surface area contributed by atoms with Gasteiger partial charge in [0.25, 0.3) is 5.92 Å². The van der Waals surface area contributed by atoms with Crippen LogP contribution in [0.2, 0.25) is 0 Å². The van der Waals surface area contributed by atoms with Gasteiger partial charge in [-0.3, -0.25) is 0 Å². The van der Waals surface area contributed by atoms with Crippen molar-refractivity contribution >= 4 is 29.1 Å². The summed E-state index contributed by atoms with van der Waals surface area (Å²) >= 11 is 1.57. The number of rotatable bonds is 6. The fourth-order valence-electron chi connectivity index (χ4n) is 4.97. The van der Waals surface area contributed by atoms with Crippen LogP contribution in [0, 0.1) is 5.41 Å². The zero-order chi connectivity index (χ0) is 23.3. The van der Waals surface area contributed by atoms with Gasteiger partial charge in [-0.15, -0.1) is 5.10 Å². The van der Waals surface area contributed by atoms with Crippen LogP contribution in [0.3, 0.4) is 0 Å². The minimum absolute atomic E-state index is 0.299. The molecule has 2 aliphatic heterocycles. The lowest BCUT2D eigenvalue weighted by molar-refractivity contribution is -0.0266. The number of benzene rings is 1. The van der Waals surface area contributed by atoms with Gasteiger partial charge in [0.2, 0.25) is 0 Å². The quantitative estimate of drug-likeness (QED) is 0.503. The fourth-order valence-corrected chi connectivity index (χ4v) is 5.33. The van der Waals surface area contributed by atoms with Gasteiger partial charge in [-0.2, -0.15) is 0 Å². The average Bonchev–Trinajstić information content (AvgIpc) is 3.39. The normalized spacial score (nSPS) is 20.3. The van der Waals surface area contributed by atoms with Gasteiger partial charge >= 0.3 is 0 Å². The predicted molar refractivity (Wildman–Crippen MR) is 132 cm³/mol. The van der Waals surface area contributed by atoms with E-state index in [-0.39, 0.29) is 13.1 Å². The average molecular weight is 484 g/mol.